The van der Waals surface area contributed by atoms with Crippen molar-refractivity contribution >= 4 is 46.9 Å². The van der Waals surface area contributed by atoms with Crippen molar-refractivity contribution in [3.05, 3.63) is 192 Å². The molecule has 2 aliphatic carbocycles. The van der Waals surface area contributed by atoms with Crippen LogP contribution in [-0.2, 0) is 34.5 Å². The smallest absolute Gasteiger partial charge is 0.261 e. The van der Waals surface area contributed by atoms with Gasteiger partial charge in [-0.25, -0.2) is 0 Å². The lowest BCUT2D eigenvalue weighted by Gasteiger charge is -2.50. The summed E-state index contributed by atoms with van der Waals surface area (Å²) in [6.45, 7) is 14.5. The number of benzene rings is 6. The zero-order chi connectivity index (χ0) is 39.8. The summed E-state index contributed by atoms with van der Waals surface area (Å²) >= 11 is 0. The third-order valence-corrected chi connectivity index (χ3v) is 24.8. The van der Waals surface area contributed by atoms with Crippen LogP contribution in [0, 0.1) is 0 Å². The monoisotopic (exact) mass is 798 g/mol. The third-order valence-electron chi connectivity index (χ3n) is 12.8. The maximum absolute atomic E-state index is 8.27. The number of fused-ring (bicyclic) bond motifs is 2. The van der Waals surface area contributed by atoms with Gasteiger partial charge in [-0.3, -0.25) is 0 Å². The van der Waals surface area contributed by atoms with Crippen molar-refractivity contribution < 1.29 is 8.85 Å². The molecule has 0 amide bonds. The van der Waals surface area contributed by atoms with Gasteiger partial charge in [0.1, 0.15) is 0 Å². The SMILES string of the molecule is CC(C)(C)[Si](OC1(C[Si]CC2(O[Si](c3ccccc3)(c3ccccc3)C(C)(C)C)Cc3ccccc3C2)Cc2ccccc2C1)(c1ccccc1)c1ccccc1. The van der Waals surface area contributed by atoms with Crippen LogP contribution in [-0.4, -0.2) is 37.4 Å². The predicted molar refractivity (Wildman–Crippen MR) is 246 cm³/mol. The first kappa shape index (κ1) is 39.7. The topological polar surface area (TPSA) is 18.5 Å². The third kappa shape index (κ3) is 7.43. The largest absolute Gasteiger partial charge is 0.402 e. The molecule has 0 spiro atoms. The summed E-state index contributed by atoms with van der Waals surface area (Å²) < 4.78 is 16.5. The van der Waals surface area contributed by atoms with Gasteiger partial charge in [-0.15, -0.1) is 0 Å². The quantitative estimate of drug-likeness (QED) is 0.115. The summed E-state index contributed by atoms with van der Waals surface area (Å²) in [4.78, 5) is 0. The van der Waals surface area contributed by atoms with Gasteiger partial charge in [-0.05, 0) is 65.2 Å². The summed E-state index contributed by atoms with van der Waals surface area (Å²) in [5.74, 6) is 0. The van der Waals surface area contributed by atoms with Gasteiger partial charge in [-0.2, -0.15) is 0 Å². The molecule has 2 nitrogen and oxygen atoms in total. The molecular weight excluding hydrogens is 741 g/mol. The summed E-state index contributed by atoms with van der Waals surface area (Å²) in [5, 5.41) is 5.17. The Hall–Kier alpha value is -4.11. The van der Waals surface area contributed by atoms with Crippen LogP contribution in [0.1, 0.15) is 63.8 Å². The molecule has 5 heteroatoms. The molecule has 0 bridgehead atoms. The maximum atomic E-state index is 8.27. The molecule has 0 N–H and O–H groups in total. The van der Waals surface area contributed by atoms with Gasteiger partial charge in [0.25, 0.3) is 16.6 Å². The Bertz CT molecular complexity index is 1970. The fourth-order valence-corrected chi connectivity index (χ4v) is 21.8. The van der Waals surface area contributed by atoms with Gasteiger partial charge < -0.3 is 8.85 Å². The lowest BCUT2D eigenvalue weighted by Crippen LogP contribution is -2.70. The van der Waals surface area contributed by atoms with E-state index in [2.05, 4.69) is 211 Å². The van der Waals surface area contributed by atoms with Crippen LogP contribution < -0.4 is 20.7 Å². The normalized spacial score (nSPS) is 16.2. The Kier molecular flexibility index (Phi) is 10.8. The van der Waals surface area contributed by atoms with E-state index in [-0.39, 0.29) is 21.3 Å². The van der Waals surface area contributed by atoms with Crippen LogP contribution in [0.4, 0.5) is 0 Å². The van der Waals surface area contributed by atoms with Crippen LogP contribution in [0.15, 0.2) is 170 Å². The second-order valence-electron chi connectivity index (χ2n) is 18.7. The Morgan fingerprint density at radius 1 is 0.386 bits per heavy atom. The van der Waals surface area contributed by atoms with Crippen LogP contribution in [0.3, 0.4) is 0 Å². The van der Waals surface area contributed by atoms with Crippen LogP contribution in [0.25, 0.3) is 0 Å². The van der Waals surface area contributed by atoms with Crippen molar-refractivity contribution in [3.8, 4) is 0 Å². The second-order valence-corrected chi connectivity index (χ2v) is 28.4. The van der Waals surface area contributed by atoms with E-state index in [0.29, 0.717) is 9.52 Å². The van der Waals surface area contributed by atoms with Gasteiger partial charge in [0, 0.05) is 35.2 Å². The van der Waals surface area contributed by atoms with Gasteiger partial charge >= 0.3 is 0 Å². The molecule has 0 saturated carbocycles. The van der Waals surface area contributed by atoms with E-state index in [1.807, 2.05) is 0 Å². The Morgan fingerprint density at radius 2 is 0.614 bits per heavy atom. The lowest BCUT2D eigenvalue weighted by molar-refractivity contribution is 0.0803. The summed E-state index contributed by atoms with van der Waals surface area (Å²) in [5.41, 5.74) is 5.08. The van der Waals surface area contributed by atoms with E-state index in [0.717, 1.165) is 37.8 Å². The van der Waals surface area contributed by atoms with E-state index in [1.54, 1.807) is 0 Å². The Balaban J connectivity index is 1.22. The minimum Gasteiger partial charge on any atom is -0.402 e. The highest BCUT2D eigenvalue weighted by molar-refractivity contribution is 7.00. The van der Waals surface area contributed by atoms with E-state index in [1.165, 1.54) is 43.0 Å². The van der Waals surface area contributed by atoms with Gasteiger partial charge in [-0.1, -0.05) is 211 Å². The minimum absolute atomic E-state index is 0.110. The van der Waals surface area contributed by atoms with Crippen molar-refractivity contribution in [3.63, 3.8) is 0 Å². The molecule has 0 fully saturated rings. The molecule has 0 unspecified atom stereocenters. The van der Waals surface area contributed by atoms with Gasteiger partial charge in [0.2, 0.25) is 0 Å². The molecule has 0 aromatic heterocycles. The van der Waals surface area contributed by atoms with Crippen molar-refractivity contribution in [1.29, 1.82) is 0 Å². The molecule has 6 aromatic rings. The molecule has 6 aromatic carbocycles. The summed E-state index contributed by atoms with van der Waals surface area (Å²) in [6, 6.07) is 65.1. The molecule has 290 valence electrons. The zero-order valence-corrected chi connectivity index (χ0v) is 37.7. The van der Waals surface area contributed by atoms with E-state index in [4.69, 9.17) is 8.85 Å². The van der Waals surface area contributed by atoms with Crippen molar-refractivity contribution in [2.24, 2.45) is 0 Å². The number of hydrogen-bond acceptors (Lipinski definition) is 2. The fourth-order valence-electron chi connectivity index (χ4n) is 10.3. The van der Waals surface area contributed by atoms with E-state index >= 15 is 0 Å². The molecule has 0 aliphatic heterocycles. The van der Waals surface area contributed by atoms with Crippen molar-refractivity contribution in [1.82, 2.24) is 0 Å². The molecule has 8 rings (SSSR count). The average molecular weight is 799 g/mol. The second kappa shape index (κ2) is 15.6. The molecule has 57 heavy (non-hydrogen) atoms. The van der Waals surface area contributed by atoms with Gasteiger partial charge in [0.15, 0.2) is 0 Å². The highest BCUT2D eigenvalue weighted by Gasteiger charge is 2.57. The van der Waals surface area contributed by atoms with E-state index in [9.17, 15) is 0 Å². The fraction of sp³-hybridized carbons (Fsp3) is 0.308. The number of hydrogen-bond donors (Lipinski definition) is 0. The van der Waals surface area contributed by atoms with Crippen molar-refractivity contribution in [2.75, 3.05) is 0 Å². The maximum Gasteiger partial charge on any atom is 0.261 e. The Morgan fingerprint density at radius 3 is 0.842 bits per heavy atom. The minimum atomic E-state index is -2.85. The highest BCUT2D eigenvalue weighted by Crippen LogP contribution is 2.48. The molecule has 2 radical (unpaired) electrons. The Labute approximate surface area is 346 Å². The van der Waals surface area contributed by atoms with Crippen molar-refractivity contribution in [2.45, 2.75) is 101 Å². The average Bonchev–Trinajstić information content (AvgIpc) is 3.77. The lowest BCUT2D eigenvalue weighted by atomic mass is 10.0. The first-order chi connectivity index (χ1) is 27.4. The van der Waals surface area contributed by atoms with Crippen LogP contribution >= 0.6 is 0 Å². The molecular formula is C52H58O2Si3. The highest BCUT2D eigenvalue weighted by atomic mass is 28.4. The van der Waals surface area contributed by atoms with Crippen LogP contribution in [0.2, 0.25) is 22.2 Å². The molecule has 0 heterocycles. The first-order valence-corrected chi connectivity index (χ1v) is 26.1. The van der Waals surface area contributed by atoms with E-state index < -0.39 is 16.6 Å². The number of rotatable bonds is 12. The predicted octanol–water partition coefficient (Wildman–Crippen LogP) is 9.76. The van der Waals surface area contributed by atoms with Gasteiger partial charge in [0.05, 0.1) is 11.2 Å². The summed E-state index contributed by atoms with van der Waals surface area (Å²) in [6.07, 6.45) is 3.74. The molecule has 0 atom stereocenters. The first-order valence-electron chi connectivity index (χ1n) is 20.9. The molecule has 0 saturated heterocycles. The zero-order valence-electron chi connectivity index (χ0n) is 34.7. The standard InChI is InChI=1S/C52H58O2Si3/c1-49(2,3)56(45-27-11-7-12-28-45,46-29-13-8-14-30-46)53-51(35-41-23-19-20-24-42(41)36-51)39-55-40-52(37-43-25-21-22-26-44(43)38-52)54-57(50(4,5)6,47-31-15-9-16-32-47)48-33-17-10-18-34-48/h7-34H,35-40H2,1-6H3. The van der Waals surface area contributed by atoms with Crippen LogP contribution in [0.5, 0.6) is 0 Å². The summed E-state index contributed by atoms with van der Waals surface area (Å²) in [7, 11) is -5.04. The molecule has 2 aliphatic rings.